The Morgan fingerprint density at radius 2 is 1.77 bits per heavy atom. The SMILES string of the molecule is CCOc1cc([C@@H]2c3sc(=O)[nH]c3SC3C(=O)N(CC(=O)O)C(=O)C32)ccc1OCC(=O)Nc1ccc2ccccc2c1. The number of aromatic amines is 1. The van der Waals surface area contributed by atoms with Gasteiger partial charge in [0.05, 0.1) is 17.6 Å². The van der Waals surface area contributed by atoms with Gasteiger partial charge in [0, 0.05) is 16.5 Å². The molecule has 3 amide bonds. The maximum Gasteiger partial charge on any atom is 0.323 e. The number of carboxylic acid groups (broad SMARTS) is 1. The zero-order valence-electron chi connectivity index (χ0n) is 22.7. The lowest BCUT2D eigenvalue weighted by Gasteiger charge is -2.30. The summed E-state index contributed by atoms with van der Waals surface area (Å²) in [5, 5.41) is 13.7. The van der Waals surface area contributed by atoms with Gasteiger partial charge in [0.25, 0.3) is 5.91 Å². The number of aliphatic carboxylic acids is 1. The molecule has 1 fully saturated rings. The number of likely N-dealkylation sites (tertiary alicyclic amines) is 1. The van der Waals surface area contributed by atoms with E-state index in [1.165, 1.54) is 0 Å². The highest BCUT2D eigenvalue weighted by Crippen LogP contribution is 2.53. The van der Waals surface area contributed by atoms with E-state index in [2.05, 4.69) is 10.3 Å². The summed E-state index contributed by atoms with van der Waals surface area (Å²) in [6, 6.07) is 18.4. The van der Waals surface area contributed by atoms with E-state index in [4.69, 9.17) is 9.47 Å². The Labute approximate surface area is 252 Å². The van der Waals surface area contributed by atoms with Crippen molar-refractivity contribution < 1.29 is 33.8 Å². The molecular formula is C30H25N3O8S2. The average Bonchev–Trinajstić information content (AvgIpc) is 3.47. The number of H-pyrrole nitrogens is 1. The molecule has 0 saturated carbocycles. The summed E-state index contributed by atoms with van der Waals surface area (Å²) in [6.07, 6.45) is 0. The van der Waals surface area contributed by atoms with E-state index in [9.17, 15) is 29.1 Å². The smallest absolute Gasteiger partial charge is 0.323 e. The lowest BCUT2D eigenvalue weighted by molar-refractivity contribution is -0.149. The first-order valence-corrected chi connectivity index (χ1v) is 15.1. The summed E-state index contributed by atoms with van der Waals surface area (Å²) in [6.45, 7) is 1.04. The van der Waals surface area contributed by atoms with Crippen LogP contribution in [0.15, 0.2) is 70.5 Å². The first-order valence-electron chi connectivity index (χ1n) is 13.4. The van der Waals surface area contributed by atoms with Crippen LogP contribution in [0.1, 0.15) is 23.3 Å². The van der Waals surface area contributed by atoms with Gasteiger partial charge in [-0.25, -0.2) is 0 Å². The third kappa shape index (κ3) is 5.48. The summed E-state index contributed by atoms with van der Waals surface area (Å²) in [4.78, 5) is 66.7. The molecule has 2 unspecified atom stereocenters. The van der Waals surface area contributed by atoms with Crippen LogP contribution in [0.4, 0.5) is 5.69 Å². The van der Waals surface area contributed by atoms with Gasteiger partial charge >= 0.3 is 10.8 Å². The van der Waals surface area contributed by atoms with Crippen molar-refractivity contribution in [2.45, 2.75) is 23.1 Å². The number of thioether (sulfide) groups is 1. The molecule has 1 aromatic heterocycles. The number of anilines is 1. The molecule has 0 bridgehead atoms. The molecule has 3 atom stereocenters. The quantitative estimate of drug-likeness (QED) is 0.238. The number of benzene rings is 3. The number of imide groups is 1. The molecule has 0 radical (unpaired) electrons. The van der Waals surface area contributed by atoms with E-state index in [0.717, 1.165) is 38.8 Å². The van der Waals surface area contributed by atoms with Crippen LogP contribution in [-0.4, -0.2) is 63.7 Å². The molecule has 3 N–H and O–H groups in total. The van der Waals surface area contributed by atoms with Crippen molar-refractivity contribution in [3.8, 4) is 11.5 Å². The third-order valence-corrected chi connectivity index (χ3v) is 9.63. The lowest BCUT2D eigenvalue weighted by Crippen LogP contribution is -2.36. The number of carbonyl (C=O) groups is 4. The number of thiazole rings is 1. The fourth-order valence-electron chi connectivity index (χ4n) is 5.44. The van der Waals surface area contributed by atoms with Gasteiger partial charge in [-0.1, -0.05) is 59.5 Å². The van der Waals surface area contributed by atoms with Gasteiger partial charge in [0.2, 0.25) is 11.8 Å². The largest absolute Gasteiger partial charge is 0.490 e. The van der Waals surface area contributed by atoms with Gasteiger partial charge in [-0.05, 0) is 47.5 Å². The number of carbonyl (C=O) groups excluding carboxylic acids is 3. The highest BCUT2D eigenvalue weighted by atomic mass is 32.2. The number of nitrogens with zero attached hydrogens (tertiary/aromatic N) is 1. The van der Waals surface area contributed by atoms with Crippen LogP contribution in [0.3, 0.4) is 0 Å². The molecule has 13 heteroatoms. The number of carboxylic acids is 1. The predicted molar refractivity (Wildman–Crippen MR) is 160 cm³/mol. The molecule has 3 heterocycles. The standard InChI is InChI=1S/C30H25N3O8S2/c1-2-40-20-12-17(8-10-19(20)41-14-21(34)31-18-9-7-15-5-3-4-6-16(15)11-18)23-24-26(42-27-25(23)43-30(39)32-27)29(38)33(28(24)37)13-22(35)36/h3-12,23-24,26H,2,13-14H2,1H3,(H,31,34)(H,32,39)(H,35,36)/t23-,24?,26?/m0/s1. The normalized spacial score (nSPS) is 19.2. The maximum absolute atomic E-state index is 13.4. The van der Waals surface area contributed by atoms with E-state index < -0.39 is 41.4 Å². The monoisotopic (exact) mass is 619 g/mol. The van der Waals surface area contributed by atoms with Crippen molar-refractivity contribution in [2.75, 3.05) is 25.1 Å². The van der Waals surface area contributed by atoms with E-state index in [1.807, 2.05) is 42.5 Å². The molecule has 0 spiro atoms. The van der Waals surface area contributed by atoms with Gasteiger partial charge in [0.1, 0.15) is 11.8 Å². The second-order valence-corrected chi connectivity index (χ2v) is 12.1. The number of ether oxygens (including phenoxy) is 2. The van der Waals surface area contributed by atoms with Gasteiger partial charge < -0.3 is 24.9 Å². The molecule has 1 saturated heterocycles. The van der Waals surface area contributed by atoms with E-state index >= 15 is 0 Å². The first-order chi connectivity index (χ1) is 20.7. The zero-order valence-corrected chi connectivity index (χ0v) is 24.3. The maximum atomic E-state index is 13.4. The highest BCUT2D eigenvalue weighted by Gasteiger charge is 2.56. The van der Waals surface area contributed by atoms with Crippen molar-refractivity contribution in [3.05, 3.63) is 80.8 Å². The number of hydrogen-bond donors (Lipinski definition) is 3. The summed E-state index contributed by atoms with van der Waals surface area (Å²) in [5.41, 5.74) is 1.22. The number of amides is 3. The van der Waals surface area contributed by atoms with Crippen LogP contribution in [0, 0.1) is 5.92 Å². The molecule has 3 aromatic carbocycles. The molecule has 4 aromatic rings. The summed E-state index contributed by atoms with van der Waals surface area (Å²) in [7, 11) is 0. The minimum Gasteiger partial charge on any atom is -0.490 e. The van der Waals surface area contributed by atoms with Crippen molar-refractivity contribution in [1.29, 1.82) is 0 Å². The van der Waals surface area contributed by atoms with Crippen molar-refractivity contribution >= 4 is 63.2 Å². The van der Waals surface area contributed by atoms with Crippen LogP contribution < -0.4 is 19.7 Å². The summed E-state index contributed by atoms with van der Waals surface area (Å²) >= 11 is 2.01. The van der Waals surface area contributed by atoms with Crippen LogP contribution in [0.25, 0.3) is 10.8 Å². The number of nitrogens with one attached hydrogen (secondary N) is 2. The second-order valence-electron chi connectivity index (χ2n) is 9.94. The molecule has 2 aliphatic heterocycles. The Bertz CT molecular complexity index is 1830. The average molecular weight is 620 g/mol. The number of hydrogen-bond acceptors (Lipinski definition) is 9. The van der Waals surface area contributed by atoms with E-state index in [1.54, 1.807) is 25.1 Å². The van der Waals surface area contributed by atoms with Gasteiger partial charge in [0.15, 0.2) is 18.1 Å². The number of rotatable bonds is 9. The third-order valence-electron chi connectivity index (χ3n) is 7.23. The zero-order chi connectivity index (χ0) is 30.2. The summed E-state index contributed by atoms with van der Waals surface area (Å²) in [5.74, 6) is -3.88. The van der Waals surface area contributed by atoms with Crippen molar-refractivity contribution in [1.82, 2.24) is 9.88 Å². The number of aromatic nitrogens is 1. The van der Waals surface area contributed by atoms with Gasteiger partial charge in [-0.2, -0.15) is 0 Å². The number of fused-ring (bicyclic) bond motifs is 3. The minimum absolute atomic E-state index is 0.280. The summed E-state index contributed by atoms with van der Waals surface area (Å²) < 4.78 is 11.6. The Morgan fingerprint density at radius 1 is 0.977 bits per heavy atom. The fraction of sp³-hybridized carbons (Fsp3) is 0.233. The molecule has 43 heavy (non-hydrogen) atoms. The predicted octanol–water partition coefficient (Wildman–Crippen LogP) is 3.68. The van der Waals surface area contributed by atoms with Crippen molar-refractivity contribution in [3.63, 3.8) is 0 Å². The van der Waals surface area contributed by atoms with Crippen LogP contribution in [-0.2, 0) is 19.2 Å². The van der Waals surface area contributed by atoms with Crippen LogP contribution in [0.2, 0.25) is 0 Å². The van der Waals surface area contributed by atoms with Gasteiger partial charge in [-0.3, -0.25) is 28.9 Å². The van der Waals surface area contributed by atoms with E-state index in [0.29, 0.717) is 32.7 Å². The molecule has 6 rings (SSSR count). The Balaban J connectivity index is 1.26. The molecule has 0 aliphatic carbocycles. The molecule has 220 valence electrons. The highest BCUT2D eigenvalue weighted by molar-refractivity contribution is 8.00. The molecule has 2 aliphatic rings. The Hall–Kier alpha value is -4.62. The fourth-order valence-corrected chi connectivity index (χ4v) is 7.97. The molecular weight excluding hydrogens is 594 g/mol. The van der Waals surface area contributed by atoms with Crippen LogP contribution >= 0.6 is 23.1 Å². The molecule has 11 nitrogen and oxygen atoms in total. The lowest BCUT2D eigenvalue weighted by atomic mass is 9.83. The van der Waals surface area contributed by atoms with Crippen LogP contribution in [0.5, 0.6) is 11.5 Å². The Morgan fingerprint density at radius 3 is 2.53 bits per heavy atom. The van der Waals surface area contributed by atoms with Crippen molar-refractivity contribution in [2.24, 2.45) is 5.92 Å². The topological polar surface area (TPSA) is 155 Å². The second kappa shape index (κ2) is 11.6. The first kappa shape index (κ1) is 28.5. The minimum atomic E-state index is -1.30. The Kier molecular flexibility index (Phi) is 7.67. The van der Waals surface area contributed by atoms with Gasteiger partial charge in [-0.15, -0.1) is 0 Å². The van der Waals surface area contributed by atoms with E-state index in [-0.39, 0.29) is 24.0 Å².